The Bertz CT molecular complexity index is 230. The molecule has 2 atom stereocenters. The fraction of sp³-hybridized carbons (Fsp3) is 1.00. The van der Waals surface area contributed by atoms with Gasteiger partial charge in [-0.15, -0.1) is 0 Å². The van der Waals surface area contributed by atoms with Crippen molar-refractivity contribution in [1.82, 2.24) is 4.90 Å². The van der Waals surface area contributed by atoms with Gasteiger partial charge in [0.2, 0.25) is 0 Å². The molecule has 3 nitrogen and oxygen atoms in total. The molecule has 2 rings (SSSR count). The number of ether oxygens (including phenoxy) is 1. The Morgan fingerprint density at radius 1 is 1.29 bits per heavy atom. The minimum atomic E-state index is 0.148. The number of rotatable bonds is 5. The molecular weight excluding hydrogens is 212 g/mol. The SMILES string of the molecule is CC(C)(C(N)CCC1CCCO1)N1CCCC1. The highest BCUT2D eigenvalue weighted by Gasteiger charge is 2.34. The van der Waals surface area contributed by atoms with Gasteiger partial charge in [-0.1, -0.05) is 0 Å². The van der Waals surface area contributed by atoms with Crippen LogP contribution in [0.25, 0.3) is 0 Å². The summed E-state index contributed by atoms with van der Waals surface area (Å²) in [6.45, 7) is 8.01. The largest absolute Gasteiger partial charge is 0.378 e. The Labute approximate surface area is 106 Å². The van der Waals surface area contributed by atoms with E-state index in [1.165, 1.54) is 38.8 Å². The van der Waals surface area contributed by atoms with E-state index in [0.29, 0.717) is 6.10 Å². The predicted molar refractivity (Wildman–Crippen MR) is 71.1 cm³/mol. The van der Waals surface area contributed by atoms with E-state index < -0.39 is 0 Å². The van der Waals surface area contributed by atoms with E-state index in [1.807, 2.05) is 0 Å². The van der Waals surface area contributed by atoms with Crippen LogP contribution in [0.2, 0.25) is 0 Å². The molecule has 2 N–H and O–H groups in total. The van der Waals surface area contributed by atoms with Crippen LogP contribution < -0.4 is 5.73 Å². The molecule has 0 aromatic rings. The lowest BCUT2D eigenvalue weighted by Crippen LogP contribution is -2.55. The van der Waals surface area contributed by atoms with Crippen LogP contribution in [0.15, 0.2) is 0 Å². The topological polar surface area (TPSA) is 38.5 Å². The number of nitrogens with two attached hydrogens (primary N) is 1. The van der Waals surface area contributed by atoms with Gasteiger partial charge >= 0.3 is 0 Å². The number of hydrogen-bond acceptors (Lipinski definition) is 3. The summed E-state index contributed by atoms with van der Waals surface area (Å²) in [5.74, 6) is 0. The minimum absolute atomic E-state index is 0.148. The molecule has 2 aliphatic rings. The van der Waals surface area contributed by atoms with E-state index >= 15 is 0 Å². The summed E-state index contributed by atoms with van der Waals surface area (Å²) in [6, 6.07) is 0.268. The molecule has 100 valence electrons. The van der Waals surface area contributed by atoms with Crippen molar-refractivity contribution in [2.45, 2.75) is 70.1 Å². The molecule has 17 heavy (non-hydrogen) atoms. The van der Waals surface area contributed by atoms with Crippen LogP contribution in [0.5, 0.6) is 0 Å². The van der Waals surface area contributed by atoms with Gasteiger partial charge in [-0.05, 0) is 65.5 Å². The molecule has 2 aliphatic heterocycles. The lowest BCUT2D eigenvalue weighted by molar-refractivity contribution is 0.0822. The quantitative estimate of drug-likeness (QED) is 0.800. The zero-order valence-electron chi connectivity index (χ0n) is 11.5. The molecule has 0 aromatic carbocycles. The van der Waals surface area contributed by atoms with Gasteiger partial charge in [-0.25, -0.2) is 0 Å². The van der Waals surface area contributed by atoms with Crippen molar-refractivity contribution >= 4 is 0 Å². The van der Waals surface area contributed by atoms with Gasteiger partial charge in [0.05, 0.1) is 6.10 Å². The average Bonchev–Trinajstić information content (AvgIpc) is 2.98. The fourth-order valence-corrected chi connectivity index (χ4v) is 3.12. The van der Waals surface area contributed by atoms with Crippen LogP contribution in [0, 0.1) is 0 Å². The summed E-state index contributed by atoms with van der Waals surface area (Å²) in [5, 5.41) is 0. The van der Waals surface area contributed by atoms with E-state index in [9.17, 15) is 0 Å². The number of nitrogens with zero attached hydrogens (tertiary/aromatic N) is 1. The summed E-state index contributed by atoms with van der Waals surface area (Å²) in [6.07, 6.45) is 7.85. The molecular formula is C14H28N2O. The minimum Gasteiger partial charge on any atom is -0.378 e. The van der Waals surface area contributed by atoms with Gasteiger partial charge in [-0.3, -0.25) is 4.90 Å². The first-order chi connectivity index (χ1) is 8.10. The first-order valence-corrected chi connectivity index (χ1v) is 7.23. The predicted octanol–water partition coefficient (Wildman–Crippen LogP) is 2.15. The van der Waals surface area contributed by atoms with Gasteiger partial charge in [0.25, 0.3) is 0 Å². The molecule has 0 saturated carbocycles. The van der Waals surface area contributed by atoms with Crippen molar-refractivity contribution in [2.24, 2.45) is 5.73 Å². The molecule has 0 radical (unpaired) electrons. The van der Waals surface area contributed by atoms with Crippen molar-refractivity contribution in [2.75, 3.05) is 19.7 Å². The van der Waals surface area contributed by atoms with E-state index in [4.69, 9.17) is 10.5 Å². The zero-order chi connectivity index (χ0) is 12.3. The lowest BCUT2D eigenvalue weighted by atomic mass is 9.89. The smallest absolute Gasteiger partial charge is 0.0576 e. The van der Waals surface area contributed by atoms with Crippen molar-refractivity contribution in [1.29, 1.82) is 0 Å². The third-order valence-corrected chi connectivity index (χ3v) is 4.65. The van der Waals surface area contributed by atoms with Crippen LogP contribution in [-0.2, 0) is 4.74 Å². The number of hydrogen-bond donors (Lipinski definition) is 1. The van der Waals surface area contributed by atoms with Gasteiger partial charge in [-0.2, -0.15) is 0 Å². The first kappa shape index (κ1) is 13.3. The molecule has 0 aromatic heterocycles. The van der Waals surface area contributed by atoms with E-state index in [1.54, 1.807) is 0 Å². The van der Waals surface area contributed by atoms with E-state index in [2.05, 4.69) is 18.7 Å². The maximum atomic E-state index is 6.41. The van der Waals surface area contributed by atoms with Crippen LogP contribution >= 0.6 is 0 Å². The molecule has 2 unspecified atom stereocenters. The van der Waals surface area contributed by atoms with Gasteiger partial charge < -0.3 is 10.5 Å². The maximum Gasteiger partial charge on any atom is 0.0576 e. The Balaban J connectivity index is 1.78. The standard InChI is InChI=1S/C14H28N2O/c1-14(2,16-9-3-4-10-16)13(15)8-7-12-6-5-11-17-12/h12-13H,3-11,15H2,1-2H3. The Morgan fingerprint density at radius 3 is 2.59 bits per heavy atom. The van der Waals surface area contributed by atoms with Crippen LogP contribution in [-0.4, -0.2) is 42.3 Å². The highest BCUT2D eigenvalue weighted by Crippen LogP contribution is 2.27. The molecule has 0 aliphatic carbocycles. The van der Waals surface area contributed by atoms with Crippen LogP contribution in [0.1, 0.15) is 52.4 Å². The first-order valence-electron chi connectivity index (χ1n) is 7.23. The Hall–Kier alpha value is -0.120. The Kier molecular flexibility index (Phi) is 4.45. The van der Waals surface area contributed by atoms with Crippen molar-refractivity contribution < 1.29 is 4.74 Å². The second-order valence-corrected chi connectivity index (χ2v) is 6.17. The summed E-state index contributed by atoms with van der Waals surface area (Å²) in [4.78, 5) is 2.56. The summed E-state index contributed by atoms with van der Waals surface area (Å²) < 4.78 is 5.67. The van der Waals surface area contributed by atoms with E-state index in [-0.39, 0.29) is 11.6 Å². The normalized spacial score (nSPS) is 28.8. The lowest BCUT2D eigenvalue weighted by Gasteiger charge is -2.40. The van der Waals surface area contributed by atoms with Crippen molar-refractivity contribution in [3.8, 4) is 0 Å². The maximum absolute atomic E-state index is 6.41. The third-order valence-electron chi connectivity index (χ3n) is 4.65. The van der Waals surface area contributed by atoms with Gasteiger partial charge in [0.15, 0.2) is 0 Å². The molecule has 2 heterocycles. The van der Waals surface area contributed by atoms with Crippen LogP contribution in [0.4, 0.5) is 0 Å². The molecule has 0 bridgehead atoms. The highest BCUT2D eigenvalue weighted by molar-refractivity contribution is 4.93. The second-order valence-electron chi connectivity index (χ2n) is 6.17. The summed E-state index contributed by atoms with van der Waals surface area (Å²) in [5.41, 5.74) is 6.56. The van der Waals surface area contributed by atoms with Gasteiger partial charge in [0.1, 0.15) is 0 Å². The van der Waals surface area contributed by atoms with Crippen molar-refractivity contribution in [3.63, 3.8) is 0 Å². The molecule has 2 fully saturated rings. The summed E-state index contributed by atoms with van der Waals surface area (Å²) >= 11 is 0. The zero-order valence-corrected chi connectivity index (χ0v) is 11.5. The Morgan fingerprint density at radius 2 is 2.00 bits per heavy atom. The third kappa shape index (κ3) is 3.21. The van der Waals surface area contributed by atoms with E-state index in [0.717, 1.165) is 19.4 Å². The molecule has 0 spiro atoms. The molecule has 3 heteroatoms. The highest BCUT2D eigenvalue weighted by atomic mass is 16.5. The molecule has 2 saturated heterocycles. The summed E-state index contributed by atoms with van der Waals surface area (Å²) in [7, 11) is 0. The average molecular weight is 240 g/mol. The number of likely N-dealkylation sites (tertiary alicyclic amines) is 1. The monoisotopic (exact) mass is 240 g/mol. The second kappa shape index (κ2) is 5.68. The molecule has 0 amide bonds. The van der Waals surface area contributed by atoms with Gasteiger partial charge in [0, 0.05) is 18.2 Å². The fourth-order valence-electron chi connectivity index (χ4n) is 3.12. The van der Waals surface area contributed by atoms with Crippen LogP contribution in [0.3, 0.4) is 0 Å². The van der Waals surface area contributed by atoms with Crippen molar-refractivity contribution in [3.05, 3.63) is 0 Å².